The highest BCUT2D eigenvalue weighted by atomic mass is 32.2. The number of ether oxygens (including phenoxy) is 1. The van der Waals surface area contributed by atoms with Crippen LogP contribution in [0.4, 0.5) is 4.39 Å². The Balaban J connectivity index is 2.15. The van der Waals surface area contributed by atoms with Gasteiger partial charge in [-0.25, -0.2) is 0 Å². The number of carbonyl (C=O) groups excluding carboxylic acids is 1. The number of hydrogen-bond acceptors (Lipinski definition) is 5. The van der Waals surface area contributed by atoms with Crippen molar-refractivity contribution in [3.63, 3.8) is 0 Å². The van der Waals surface area contributed by atoms with Crippen LogP contribution in [-0.4, -0.2) is 41.1 Å². The van der Waals surface area contributed by atoms with Crippen LogP contribution < -0.4 is 10.1 Å². The molecule has 1 heterocycles. The van der Waals surface area contributed by atoms with Crippen LogP contribution in [0.5, 0.6) is 5.75 Å². The molecule has 0 aliphatic heterocycles. The third-order valence-corrected chi connectivity index (χ3v) is 5.15. The molecular formula is C18H23FN2O2S2. The Morgan fingerprint density at radius 1 is 1.36 bits per heavy atom. The molecule has 1 aromatic carbocycles. The predicted octanol–water partition coefficient (Wildman–Crippen LogP) is 4.28. The molecule has 1 amide bonds. The quantitative estimate of drug-likeness (QED) is 0.545. The lowest BCUT2D eigenvalue weighted by Gasteiger charge is -2.27. The number of thioether (sulfide) groups is 2. The fourth-order valence-electron chi connectivity index (χ4n) is 2.30. The van der Waals surface area contributed by atoms with Crippen LogP contribution in [0.3, 0.4) is 0 Å². The maximum atomic E-state index is 12.6. The molecule has 1 unspecified atom stereocenters. The van der Waals surface area contributed by atoms with Crippen molar-refractivity contribution in [3.05, 3.63) is 30.5 Å². The molecule has 2 aromatic rings. The van der Waals surface area contributed by atoms with E-state index in [9.17, 15) is 9.18 Å². The highest BCUT2D eigenvalue weighted by Crippen LogP contribution is 2.25. The Bertz CT molecular complexity index is 740. The number of fused-ring (bicyclic) bond motifs is 1. The molecule has 0 bridgehead atoms. The molecule has 4 nitrogen and oxygen atoms in total. The van der Waals surface area contributed by atoms with E-state index in [1.165, 1.54) is 11.8 Å². The van der Waals surface area contributed by atoms with Crippen molar-refractivity contribution < 1.29 is 13.9 Å². The molecule has 7 heteroatoms. The van der Waals surface area contributed by atoms with Crippen LogP contribution in [0, 0.1) is 0 Å². The van der Waals surface area contributed by atoms with Crippen LogP contribution in [-0.2, 0) is 4.79 Å². The van der Waals surface area contributed by atoms with E-state index in [1.807, 2.05) is 30.7 Å². The van der Waals surface area contributed by atoms with E-state index in [-0.39, 0.29) is 12.3 Å². The number of alkyl halides is 1. The minimum absolute atomic E-state index is 0.262. The van der Waals surface area contributed by atoms with Crippen molar-refractivity contribution in [2.45, 2.75) is 36.1 Å². The minimum Gasteiger partial charge on any atom is -0.470 e. The average molecular weight is 383 g/mol. The first-order chi connectivity index (χ1) is 11.9. The van der Waals surface area contributed by atoms with Gasteiger partial charge in [-0.3, -0.25) is 14.2 Å². The molecule has 136 valence electrons. The summed E-state index contributed by atoms with van der Waals surface area (Å²) in [5, 5.41) is 3.80. The van der Waals surface area contributed by atoms with Gasteiger partial charge in [0.05, 0.1) is 12.2 Å². The van der Waals surface area contributed by atoms with E-state index >= 15 is 0 Å². The lowest BCUT2D eigenvalue weighted by atomic mass is 10.0. The van der Waals surface area contributed by atoms with Gasteiger partial charge in [0.15, 0.2) is 0 Å². The second-order valence-electron chi connectivity index (χ2n) is 6.23. The Morgan fingerprint density at radius 3 is 2.76 bits per heavy atom. The highest BCUT2D eigenvalue weighted by molar-refractivity contribution is 7.99. The third kappa shape index (κ3) is 5.51. The summed E-state index contributed by atoms with van der Waals surface area (Å²) in [6.45, 7) is 3.12. The van der Waals surface area contributed by atoms with Crippen molar-refractivity contribution in [1.29, 1.82) is 0 Å². The number of benzene rings is 1. The van der Waals surface area contributed by atoms with Crippen molar-refractivity contribution in [1.82, 2.24) is 10.3 Å². The largest absolute Gasteiger partial charge is 0.470 e. The zero-order valence-electron chi connectivity index (χ0n) is 14.8. The summed E-state index contributed by atoms with van der Waals surface area (Å²) in [6.07, 6.45) is 5.90. The van der Waals surface area contributed by atoms with Crippen molar-refractivity contribution >= 4 is 40.3 Å². The van der Waals surface area contributed by atoms with E-state index in [2.05, 4.69) is 10.3 Å². The molecule has 25 heavy (non-hydrogen) atoms. The summed E-state index contributed by atoms with van der Waals surface area (Å²) >= 11 is 2.92. The van der Waals surface area contributed by atoms with Gasteiger partial charge < -0.3 is 10.1 Å². The van der Waals surface area contributed by atoms with Gasteiger partial charge >= 0.3 is 0 Å². The predicted molar refractivity (Wildman–Crippen MR) is 104 cm³/mol. The Kier molecular flexibility index (Phi) is 6.95. The number of nitrogens with one attached hydrogen (secondary N) is 1. The molecule has 2 rings (SSSR count). The van der Waals surface area contributed by atoms with Gasteiger partial charge in [0.2, 0.25) is 5.44 Å². The highest BCUT2D eigenvalue weighted by Gasteiger charge is 2.26. The zero-order valence-corrected chi connectivity index (χ0v) is 16.5. The zero-order chi connectivity index (χ0) is 18.4. The molecule has 0 saturated carbocycles. The molecule has 1 N–H and O–H groups in total. The second kappa shape index (κ2) is 8.76. The number of hydrogen-bond donors (Lipinski definition) is 1. The first-order valence-electron chi connectivity index (χ1n) is 7.90. The first-order valence-corrected chi connectivity index (χ1v) is 10.4. The molecule has 0 aliphatic carbocycles. The molecule has 0 aliphatic rings. The topological polar surface area (TPSA) is 51.2 Å². The molecular weight excluding hydrogens is 359 g/mol. The van der Waals surface area contributed by atoms with E-state index in [1.54, 1.807) is 37.9 Å². The maximum absolute atomic E-state index is 12.6. The van der Waals surface area contributed by atoms with E-state index in [4.69, 9.17) is 4.74 Å². The summed E-state index contributed by atoms with van der Waals surface area (Å²) in [4.78, 5) is 17.9. The van der Waals surface area contributed by atoms with E-state index in [0.717, 1.165) is 15.8 Å². The van der Waals surface area contributed by atoms with E-state index < -0.39 is 17.6 Å². The summed E-state index contributed by atoms with van der Waals surface area (Å²) in [6, 6.07) is 7.60. The van der Waals surface area contributed by atoms with Gasteiger partial charge in [-0.1, -0.05) is 0 Å². The second-order valence-corrected chi connectivity index (χ2v) is 8.01. The van der Waals surface area contributed by atoms with Gasteiger partial charge in [0, 0.05) is 22.0 Å². The molecule has 0 spiro atoms. The van der Waals surface area contributed by atoms with Crippen LogP contribution in [0.1, 0.15) is 20.3 Å². The van der Waals surface area contributed by atoms with Gasteiger partial charge in [-0.15, -0.1) is 23.5 Å². The van der Waals surface area contributed by atoms with E-state index in [0.29, 0.717) is 5.75 Å². The summed E-state index contributed by atoms with van der Waals surface area (Å²) in [5.41, 5.74) is -0.434. The van der Waals surface area contributed by atoms with Crippen LogP contribution in [0.2, 0.25) is 0 Å². The Hall–Kier alpha value is -1.47. The molecule has 0 radical (unpaired) electrons. The van der Waals surface area contributed by atoms with Crippen LogP contribution in [0.15, 0.2) is 35.4 Å². The van der Waals surface area contributed by atoms with Gasteiger partial charge in [-0.05, 0) is 57.0 Å². The van der Waals surface area contributed by atoms with Crippen LogP contribution >= 0.6 is 23.5 Å². The van der Waals surface area contributed by atoms with Crippen molar-refractivity contribution in [3.8, 4) is 5.75 Å². The summed E-state index contributed by atoms with van der Waals surface area (Å²) in [7, 11) is 0. The number of rotatable bonds is 8. The number of halogens is 1. The molecule has 1 atom stereocenters. The molecule has 0 saturated heterocycles. The lowest BCUT2D eigenvalue weighted by molar-refractivity contribution is -0.126. The number of aromatic nitrogens is 1. The van der Waals surface area contributed by atoms with Crippen molar-refractivity contribution in [2.24, 2.45) is 0 Å². The fourth-order valence-corrected chi connectivity index (χ4v) is 3.18. The standard InChI is InChI=1S/C18H23FN2O2S2/c1-18(2,7-8-19)21-16(22)17(25-4)23-13-5-6-15-12(9-13)10-14(24-3)11-20-15/h5-6,9-11,17H,7-8H2,1-4H3,(H,21,22). The van der Waals surface area contributed by atoms with Gasteiger partial charge in [-0.2, -0.15) is 0 Å². The molecule has 0 fully saturated rings. The number of amides is 1. The summed E-state index contributed by atoms with van der Waals surface area (Å²) in [5.74, 6) is 0.340. The van der Waals surface area contributed by atoms with Crippen molar-refractivity contribution in [2.75, 3.05) is 19.2 Å². The SMILES string of the molecule is CSc1cnc2ccc(OC(SC)C(=O)NC(C)(C)CCF)cc2c1. The lowest BCUT2D eigenvalue weighted by Crippen LogP contribution is -2.48. The Labute approximate surface area is 156 Å². The fraction of sp³-hybridized carbons (Fsp3) is 0.444. The number of pyridine rings is 1. The summed E-state index contributed by atoms with van der Waals surface area (Å²) < 4.78 is 18.4. The third-order valence-electron chi connectivity index (χ3n) is 3.72. The van der Waals surface area contributed by atoms with Crippen LogP contribution in [0.25, 0.3) is 10.9 Å². The maximum Gasteiger partial charge on any atom is 0.272 e. The molecule has 1 aromatic heterocycles. The van der Waals surface area contributed by atoms with Gasteiger partial charge in [0.25, 0.3) is 5.91 Å². The van der Waals surface area contributed by atoms with Gasteiger partial charge in [0.1, 0.15) is 5.75 Å². The monoisotopic (exact) mass is 382 g/mol. The minimum atomic E-state index is -0.701. The smallest absolute Gasteiger partial charge is 0.272 e. The normalized spacial score (nSPS) is 12.8. The average Bonchev–Trinajstić information content (AvgIpc) is 2.58. The first kappa shape index (κ1) is 19.8. The number of carbonyl (C=O) groups is 1. The number of nitrogens with zero attached hydrogens (tertiary/aromatic N) is 1. The Morgan fingerprint density at radius 2 is 2.12 bits per heavy atom.